The zero-order valence-corrected chi connectivity index (χ0v) is 19.9. The van der Waals surface area contributed by atoms with Crippen molar-refractivity contribution in [1.29, 1.82) is 0 Å². The summed E-state index contributed by atoms with van der Waals surface area (Å²) >= 11 is 0. The van der Waals surface area contributed by atoms with E-state index in [-0.39, 0.29) is 5.75 Å². The highest BCUT2D eigenvalue weighted by molar-refractivity contribution is 5.99. The number of aliphatic imine (C=N–C) groups is 1. The molecule has 2 aromatic carbocycles. The van der Waals surface area contributed by atoms with Gasteiger partial charge in [0.15, 0.2) is 29.4 Å². The van der Waals surface area contributed by atoms with E-state index in [0.717, 1.165) is 12.8 Å². The van der Waals surface area contributed by atoms with E-state index in [1.54, 1.807) is 6.07 Å². The molecule has 6 nitrogen and oxygen atoms in total. The number of ether oxygens (including phenoxy) is 1. The normalized spacial score (nSPS) is 24.4. The van der Waals surface area contributed by atoms with E-state index in [1.165, 1.54) is 34.4 Å². The second kappa shape index (κ2) is 9.33. The van der Waals surface area contributed by atoms with Crippen LogP contribution in [0, 0.1) is 18.2 Å². The molecular weight excluding hydrogens is 435 g/mol. The second-order valence-electron chi connectivity index (χ2n) is 9.16. The molecule has 0 aromatic heterocycles. The summed E-state index contributed by atoms with van der Waals surface area (Å²) in [6.07, 6.45) is 4.47. The lowest BCUT2D eigenvalue weighted by molar-refractivity contribution is -0.103. The van der Waals surface area contributed by atoms with Gasteiger partial charge in [0.05, 0.1) is 0 Å². The summed E-state index contributed by atoms with van der Waals surface area (Å²) < 4.78 is 19.5. The maximum Gasteiger partial charge on any atom is 0.193 e. The van der Waals surface area contributed by atoms with Gasteiger partial charge in [0.2, 0.25) is 0 Å². The molecule has 3 N–H and O–H groups in total. The number of rotatable bonds is 7. The molecule has 1 aliphatic heterocycles. The minimum absolute atomic E-state index is 0.0669. The van der Waals surface area contributed by atoms with Crippen molar-refractivity contribution in [3.63, 3.8) is 0 Å². The Balaban J connectivity index is 1.60. The summed E-state index contributed by atoms with van der Waals surface area (Å²) in [6.45, 7) is 7.91. The minimum Gasteiger partial charge on any atom is -0.485 e. The van der Waals surface area contributed by atoms with E-state index in [0.29, 0.717) is 11.4 Å². The van der Waals surface area contributed by atoms with Gasteiger partial charge in [-0.1, -0.05) is 50.3 Å². The van der Waals surface area contributed by atoms with E-state index in [2.05, 4.69) is 62.7 Å². The van der Waals surface area contributed by atoms with Crippen molar-refractivity contribution >= 4 is 11.4 Å². The third-order valence-electron chi connectivity index (χ3n) is 6.71. The smallest absolute Gasteiger partial charge is 0.193 e. The first-order valence-corrected chi connectivity index (χ1v) is 11.5. The average Bonchev–Trinajstić information content (AvgIpc) is 3.22. The van der Waals surface area contributed by atoms with Gasteiger partial charge in [-0.3, -0.25) is 0 Å². The van der Waals surface area contributed by atoms with Gasteiger partial charge in [-0.2, -0.15) is 0 Å². The van der Waals surface area contributed by atoms with Gasteiger partial charge >= 0.3 is 0 Å². The predicted molar refractivity (Wildman–Crippen MR) is 130 cm³/mol. The molecule has 0 radical (unpaired) electrons. The number of nitrogens with zero attached hydrogens (tertiary/aromatic N) is 1. The van der Waals surface area contributed by atoms with E-state index in [4.69, 9.17) is 24.8 Å². The average molecular weight is 467 g/mol. The number of aliphatic hydroxyl groups is 2. The Bertz CT molecular complexity index is 1170. The van der Waals surface area contributed by atoms with Crippen LogP contribution in [0.2, 0.25) is 0 Å². The van der Waals surface area contributed by atoms with Gasteiger partial charge in [-0.25, -0.2) is 19.7 Å². The molecular formula is C27H31FN2O4. The van der Waals surface area contributed by atoms with Crippen LogP contribution in [0.4, 0.5) is 4.39 Å². The minimum atomic E-state index is -1.67. The molecule has 0 fully saturated rings. The number of benzene rings is 2. The molecule has 7 heteroatoms. The van der Waals surface area contributed by atoms with E-state index >= 15 is 0 Å². The Hall–Kier alpha value is -3.00. The summed E-state index contributed by atoms with van der Waals surface area (Å²) in [5.74, 6) is -0.265. The van der Waals surface area contributed by atoms with E-state index in [1.807, 2.05) is 6.92 Å². The Morgan fingerprint density at radius 3 is 2.65 bits per heavy atom. The van der Waals surface area contributed by atoms with Gasteiger partial charge in [0, 0.05) is 11.0 Å². The number of allylic oxidation sites excluding steroid dienone is 3. The highest BCUT2D eigenvalue weighted by Crippen LogP contribution is 2.48. The molecule has 180 valence electrons. The SMILES string of the molecule is CCC1=CC(C)(C2(C)N=C(c3ccc(OCC(O)O)c(F)c3)NO2)CC=C1c1ccccc1C. The molecule has 0 bridgehead atoms. The fraction of sp³-hybridized carbons (Fsp3) is 0.370. The summed E-state index contributed by atoms with van der Waals surface area (Å²) in [5.41, 5.74) is 7.05. The molecule has 2 atom stereocenters. The first-order chi connectivity index (χ1) is 16.2. The van der Waals surface area contributed by atoms with Crippen molar-refractivity contribution in [3.8, 4) is 5.75 Å². The van der Waals surface area contributed by atoms with Gasteiger partial charge in [0.1, 0.15) is 6.61 Å². The van der Waals surface area contributed by atoms with E-state index < -0.39 is 29.9 Å². The zero-order valence-electron chi connectivity index (χ0n) is 19.9. The first kappa shape index (κ1) is 24.1. The zero-order chi connectivity index (χ0) is 24.5. The van der Waals surface area contributed by atoms with Gasteiger partial charge in [0.25, 0.3) is 0 Å². The molecule has 1 aliphatic carbocycles. The third kappa shape index (κ3) is 4.51. The lowest BCUT2D eigenvalue weighted by atomic mass is 9.70. The van der Waals surface area contributed by atoms with Gasteiger partial charge < -0.3 is 14.9 Å². The van der Waals surface area contributed by atoms with Crippen LogP contribution in [0.1, 0.15) is 50.3 Å². The summed E-state index contributed by atoms with van der Waals surface area (Å²) in [5, 5.41) is 17.8. The molecule has 2 unspecified atom stereocenters. The molecule has 2 aliphatic rings. The summed E-state index contributed by atoms with van der Waals surface area (Å²) in [6, 6.07) is 12.8. The number of halogens is 1. The molecule has 4 rings (SSSR count). The number of aliphatic hydroxyl groups excluding tert-OH is 1. The van der Waals surface area contributed by atoms with Crippen LogP contribution in [0.5, 0.6) is 5.75 Å². The van der Waals surface area contributed by atoms with Crippen LogP contribution in [0.15, 0.2) is 65.2 Å². The number of hydroxylamine groups is 1. The number of aryl methyl sites for hydroxylation is 1. The fourth-order valence-corrected chi connectivity index (χ4v) is 4.44. The molecule has 0 saturated carbocycles. The van der Waals surface area contributed by atoms with Crippen LogP contribution in [-0.2, 0) is 4.84 Å². The van der Waals surface area contributed by atoms with Crippen LogP contribution < -0.4 is 10.2 Å². The highest BCUT2D eigenvalue weighted by Gasteiger charge is 2.49. The lowest BCUT2D eigenvalue weighted by Gasteiger charge is -2.40. The maximum absolute atomic E-state index is 14.5. The standard InChI is InChI=1S/C27H31FN2O4/c1-5-18-15-26(3,13-12-21(18)20-9-7-6-8-17(20)2)27(4)29-25(30-34-27)19-10-11-23(22(28)14-19)33-16-24(31)32/h6-12,14-15,24,31-32H,5,13,16H2,1-4H3,(H,29,30). The lowest BCUT2D eigenvalue weighted by Crippen LogP contribution is -2.43. The van der Waals surface area contributed by atoms with Crippen LogP contribution in [0.3, 0.4) is 0 Å². The quantitative estimate of drug-likeness (QED) is 0.518. The Morgan fingerprint density at radius 2 is 1.97 bits per heavy atom. The number of hydrogen-bond acceptors (Lipinski definition) is 6. The predicted octanol–water partition coefficient (Wildman–Crippen LogP) is 4.65. The fourth-order valence-electron chi connectivity index (χ4n) is 4.44. The van der Waals surface area contributed by atoms with Crippen LogP contribution in [-0.4, -0.2) is 34.7 Å². The van der Waals surface area contributed by atoms with Crippen LogP contribution >= 0.6 is 0 Å². The van der Waals surface area contributed by atoms with Gasteiger partial charge in [-0.15, -0.1) is 0 Å². The highest BCUT2D eigenvalue weighted by atomic mass is 19.1. The number of amidine groups is 1. The van der Waals surface area contributed by atoms with Crippen molar-refractivity contribution in [2.75, 3.05) is 6.61 Å². The Morgan fingerprint density at radius 1 is 1.21 bits per heavy atom. The van der Waals surface area contributed by atoms with Crippen LogP contribution in [0.25, 0.3) is 5.57 Å². The maximum atomic E-state index is 14.5. The number of nitrogens with one attached hydrogen (secondary N) is 1. The van der Waals surface area contributed by atoms with Crippen molar-refractivity contribution in [2.24, 2.45) is 10.4 Å². The molecule has 0 saturated heterocycles. The molecule has 0 spiro atoms. The molecule has 1 heterocycles. The van der Waals surface area contributed by atoms with Crippen molar-refractivity contribution in [3.05, 3.63) is 82.7 Å². The van der Waals surface area contributed by atoms with Crippen molar-refractivity contribution < 1.29 is 24.2 Å². The summed E-state index contributed by atoms with van der Waals surface area (Å²) in [7, 11) is 0. The Labute approximate surface area is 199 Å². The van der Waals surface area contributed by atoms with Crippen molar-refractivity contribution in [1.82, 2.24) is 5.48 Å². The number of hydrogen-bond donors (Lipinski definition) is 3. The molecule has 0 amide bonds. The van der Waals surface area contributed by atoms with Gasteiger partial charge in [-0.05, 0) is 67.2 Å². The third-order valence-corrected chi connectivity index (χ3v) is 6.71. The topological polar surface area (TPSA) is 83.3 Å². The molecule has 2 aromatic rings. The summed E-state index contributed by atoms with van der Waals surface area (Å²) in [4.78, 5) is 10.8. The molecule has 34 heavy (non-hydrogen) atoms. The Kier molecular flexibility index (Phi) is 6.62. The largest absolute Gasteiger partial charge is 0.485 e. The first-order valence-electron chi connectivity index (χ1n) is 11.5. The monoisotopic (exact) mass is 466 g/mol. The van der Waals surface area contributed by atoms with E-state index in [9.17, 15) is 4.39 Å². The second-order valence-corrected chi connectivity index (χ2v) is 9.16. The van der Waals surface area contributed by atoms with Crippen molar-refractivity contribution in [2.45, 2.75) is 52.6 Å².